The van der Waals surface area contributed by atoms with Gasteiger partial charge in [0.25, 0.3) is 0 Å². The van der Waals surface area contributed by atoms with Crippen molar-refractivity contribution in [2.45, 2.75) is 24.9 Å². The summed E-state index contributed by atoms with van der Waals surface area (Å²) in [5.74, 6) is 1.90. The van der Waals surface area contributed by atoms with Gasteiger partial charge in [-0.25, -0.2) is 0 Å². The van der Waals surface area contributed by atoms with E-state index in [9.17, 15) is 9.90 Å². The fraction of sp³-hybridized carbons (Fsp3) is 0.321. The number of rotatable bonds is 7. The monoisotopic (exact) mass is 475 g/mol. The lowest BCUT2D eigenvalue weighted by atomic mass is 9.86. The molecule has 1 N–H and O–H groups in total. The molecule has 2 unspecified atom stereocenters. The summed E-state index contributed by atoms with van der Waals surface area (Å²) >= 11 is 0. The first kappa shape index (κ1) is 23.1. The number of methoxy groups -OCH3 is 2. The van der Waals surface area contributed by atoms with Crippen LogP contribution in [0.1, 0.15) is 34.3 Å². The molecule has 2 atom stereocenters. The molecule has 7 heteroatoms. The Labute approximate surface area is 204 Å². The molecule has 0 aliphatic carbocycles. The Hall–Kier alpha value is -3.71. The van der Waals surface area contributed by atoms with Gasteiger partial charge in [-0.3, -0.25) is 9.69 Å². The van der Waals surface area contributed by atoms with Crippen molar-refractivity contribution in [2.75, 3.05) is 34.0 Å². The van der Waals surface area contributed by atoms with Crippen molar-refractivity contribution in [2.24, 2.45) is 0 Å². The minimum absolute atomic E-state index is 0.186. The van der Waals surface area contributed by atoms with Crippen LogP contribution in [0.25, 0.3) is 0 Å². The van der Waals surface area contributed by atoms with Crippen LogP contribution in [0.15, 0.2) is 60.7 Å². The average molecular weight is 476 g/mol. The molecule has 2 aliphatic heterocycles. The maximum atomic E-state index is 12.6. The van der Waals surface area contributed by atoms with Crippen LogP contribution in [0, 0.1) is 0 Å². The third-order valence-electron chi connectivity index (χ3n) is 6.76. The lowest BCUT2D eigenvalue weighted by molar-refractivity contribution is -0.145. The molecule has 0 saturated carbocycles. The van der Waals surface area contributed by atoms with E-state index < -0.39 is 12.0 Å². The second-order valence-electron chi connectivity index (χ2n) is 8.74. The molecule has 0 bridgehead atoms. The highest BCUT2D eigenvalue weighted by molar-refractivity contribution is 5.76. The van der Waals surface area contributed by atoms with Crippen molar-refractivity contribution in [3.8, 4) is 23.0 Å². The van der Waals surface area contributed by atoms with Gasteiger partial charge in [0.15, 0.2) is 23.0 Å². The standard InChI is InChI=1S/C28H29NO6/c1-32-23-9-8-18(15-24(23)33-2)14-22-21-17-26-25(34-12-13-35-26)16-20(21)10-11-29(22)27(28(30)31)19-6-4-3-5-7-19/h3-9,15-17,22,27H,10-14H2,1-2H3,(H,30,31). The number of nitrogens with zero attached hydrogens (tertiary/aromatic N) is 1. The molecule has 2 heterocycles. The van der Waals surface area contributed by atoms with E-state index in [0.717, 1.165) is 34.4 Å². The van der Waals surface area contributed by atoms with Crippen molar-refractivity contribution in [3.05, 3.63) is 82.9 Å². The molecule has 0 saturated heterocycles. The van der Waals surface area contributed by atoms with E-state index in [2.05, 4.69) is 11.0 Å². The van der Waals surface area contributed by atoms with Crippen LogP contribution in [0.5, 0.6) is 23.0 Å². The minimum Gasteiger partial charge on any atom is -0.493 e. The van der Waals surface area contributed by atoms with Crippen LogP contribution in [-0.2, 0) is 17.6 Å². The second-order valence-corrected chi connectivity index (χ2v) is 8.74. The molecule has 7 nitrogen and oxygen atoms in total. The maximum absolute atomic E-state index is 12.6. The highest BCUT2D eigenvalue weighted by atomic mass is 16.6. The molecule has 0 spiro atoms. The van der Waals surface area contributed by atoms with Crippen molar-refractivity contribution < 1.29 is 28.8 Å². The lowest BCUT2D eigenvalue weighted by Crippen LogP contribution is -2.42. The zero-order chi connectivity index (χ0) is 24.4. The Kier molecular flexibility index (Phi) is 6.51. The number of carbonyl (C=O) groups is 1. The topological polar surface area (TPSA) is 77.5 Å². The van der Waals surface area contributed by atoms with E-state index >= 15 is 0 Å². The summed E-state index contributed by atoms with van der Waals surface area (Å²) in [4.78, 5) is 14.7. The molecule has 0 fully saturated rings. The molecular weight excluding hydrogens is 446 g/mol. The second kappa shape index (κ2) is 9.88. The maximum Gasteiger partial charge on any atom is 0.325 e. The fourth-order valence-electron chi connectivity index (χ4n) is 5.14. The quantitative estimate of drug-likeness (QED) is 0.541. The first-order chi connectivity index (χ1) is 17.1. The van der Waals surface area contributed by atoms with Crippen LogP contribution in [-0.4, -0.2) is 50.0 Å². The number of hydrogen-bond donors (Lipinski definition) is 1. The molecule has 3 aromatic rings. The summed E-state index contributed by atoms with van der Waals surface area (Å²) in [6, 6.07) is 18.4. The Morgan fingerprint density at radius 3 is 2.40 bits per heavy atom. The molecular formula is C28H29NO6. The van der Waals surface area contributed by atoms with Gasteiger partial charge in [0.05, 0.1) is 14.2 Å². The largest absolute Gasteiger partial charge is 0.493 e. The number of aliphatic carboxylic acids is 1. The summed E-state index contributed by atoms with van der Waals surface area (Å²) in [7, 11) is 3.22. The first-order valence-corrected chi connectivity index (χ1v) is 11.8. The van der Waals surface area contributed by atoms with E-state index in [-0.39, 0.29) is 6.04 Å². The van der Waals surface area contributed by atoms with Gasteiger partial charge in [0, 0.05) is 12.6 Å². The van der Waals surface area contributed by atoms with Crippen LogP contribution >= 0.6 is 0 Å². The molecule has 3 aromatic carbocycles. The van der Waals surface area contributed by atoms with E-state index in [0.29, 0.717) is 43.4 Å². The summed E-state index contributed by atoms with van der Waals surface area (Å²) in [5.41, 5.74) is 4.02. The SMILES string of the molecule is COc1ccc(CC2c3cc4c(cc3CCN2C(C(=O)O)c2ccccc2)OCCO4)cc1OC. The van der Waals surface area contributed by atoms with E-state index in [4.69, 9.17) is 18.9 Å². The number of carboxylic acid groups (broad SMARTS) is 1. The highest BCUT2D eigenvalue weighted by Gasteiger charge is 2.38. The summed E-state index contributed by atoms with van der Waals surface area (Å²) < 4.78 is 22.6. The van der Waals surface area contributed by atoms with E-state index in [1.165, 1.54) is 0 Å². The van der Waals surface area contributed by atoms with Crippen LogP contribution in [0.4, 0.5) is 0 Å². The Morgan fingerprint density at radius 2 is 1.71 bits per heavy atom. The van der Waals surface area contributed by atoms with Crippen molar-refractivity contribution in [1.29, 1.82) is 0 Å². The number of carboxylic acids is 1. The lowest BCUT2D eigenvalue weighted by Gasteiger charge is -2.41. The zero-order valence-corrected chi connectivity index (χ0v) is 19.9. The van der Waals surface area contributed by atoms with Crippen LogP contribution in [0.2, 0.25) is 0 Å². The minimum atomic E-state index is -0.866. The van der Waals surface area contributed by atoms with E-state index in [1.54, 1.807) is 14.2 Å². The zero-order valence-electron chi connectivity index (χ0n) is 19.9. The summed E-state index contributed by atoms with van der Waals surface area (Å²) in [6.07, 6.45) is 1.33. The van der Waals surface area contributed by atoms with Gasteiger partial charge in [0.2, 0.25) is 0 Å². The Bertz CT molecular complexity index is 1210. The summed E-state index contributed by atoms with van der Waals surface area (Å²) in [5, 5.41) is 10.3. The molecule has 182 valence electrons. The number of ether oxygens (including phenoxy) is 4. The Morgan fingerprint density at radius 1 is 1.00 bits per heavy atom. The molecule has 5 rings (SSSR count). The predicted molar refractivity (Wildman–Crippen MR) is 131 cm³/mol. The van der Waals surface area contributed by atoms with Gasteiger partial charge >= 0.3 is 5.97 Å². The number of benzene rings is 3. The van der Waals surface area contributed by atoms with Crippen molar-refractivity contribution >= 4 is 5.97 Å². The normalized spacial score (nSPS) is 17.8. The van der Waals surface area contributed by atoms with Gasteiger partial charge in [-0.05, 0) is 59.4 Å². The molecule has 35 heavy (non-hydrogen) atoms. The number of hydrogen-bond acceptors (Lipinski definition) is 6. The Balaban J connectivity index is 1.60. The highest BCUT2D eigenvalue weighted by Crippen LogP contribution is 2.44. The van der Waals surface area contributed by atoms with Gasteiger partial charge in [-0.1, -0.05) is 36.4 Å². The number of fused-ring (bicyclic) bond motifs is 2. The van der Waals surface area contributed by atoms with Gasteiger partial charge in [-0.2, -0.15) is 0 Å². The molecule has 0 amide bonds. The third-order valence-corrected chi connectivity index (χ3v) is 6.76. The fourth-order valence-corrected chi connectivity index (χ4v) is 5.14. The first-order valence-electron chi connectivity index (χ1n) is 11.8. The van der Waals surface area contributed by atoms with Crippen molar-refractivity contribution in [3.63, 3.8) is 0 Å². The van der Waals surface area contributed by atoms with Gasteiger partial charge < -0.3 is 24.1 Å². The summed E-state index contributed by atoms with van der Waals surface area (Å²) in [6.45, 7) is 1.64. The predicted octanol–water partition coefficient (Wildman–Crippen LogP) is 4.44. The molecule has 2 aliphatic rings. The average Bonchev–Trinajstić information content (AvgIpc) is 2.89. The van der Waals surface area contributed by atoms with Gasteiger partial charge in [-0.15, -0.1) is 0 Å². The van der Waals surface area contributed by atoms with E-state index in [1.807, 2.05) is 54.6 Å². The smallest absolute Gasteiger partial charge is 0.325 e. The molecule has 0 aromatic heterocycles. The van der Waals surface area contributed by atoms with Crippen LogP contribution in [0.3, 0.4) is 0 Å². The molecule has 0 radical (unpaired) electrons. The van der Waals surface area contributed by atoms with Crippen LogP contribution < -0.4 is 18.9 Å². The van der Waals surface area contributed by atoms with Crippen molar-refractivity contribution in [1.82, 2.24) is 4.90 Å². The third kappa shape index (κ3) is 4.51. The van der Waals surface area contributed by atoms with Gasteiger partial charge in [0.1, 0.15) is 19.3 Å².